The lowest BCUT2D eigenvalue weighted by Crippen LogP contribution is -2.48. The van der Waals surface area contributed by atoms with E-state index in [1.807, 2.05) is 0 Å². The van der Waals surface area contributed by atoms with Crippen molar-refractivity contribution in [3.63, 3.8) is 0 Å². The van der Waals surface area contributed by atoms with Gasteiger partial charge in [-0.3, -0.25) is 0 Å². The van der Waals surface area contributed by atoms with Crippen molar-refractivity contribution in [2.24, 2.45) is 5.41 Å². The average Bonchev–Trinajstić information content (AvgIpc) is 2.19. The Bertz CT molecular complexity index is 174. The van der Waals surface area contributed by atoms with E-state index in [9.17, 15) is 0 Å². The molecule has 0 saturated carbocycles. The SMILES string of the molecule is CCNC(C)C(C)(C)CN(C)C(CC)CC. The molecule has 0 amide bonds. The number of hydrogen-bond donors (Lipinski definition) is 1. The molecule has 0 bridgehead atoms. The molecule has 2 nitrogen and oxygen atoms in total. The van der Waals surface area contributed by atoms with Crippen molar-refractivity contribution in [1.82, 2.24) is 10.2 Å². The number of nitrogens with zero attached hydrogens (tertiary/aromatic N) is 1. The molecule has 0 saturated heterocycles. The molecule has 0 aliphatic rings. The van der Waals surface area contributed by atoms with E-state index in [4.69, 9.17) is 0 Å². The van der Waals surface area contributed by atoms with E-state index in [1.54, 1.807) is 0 Å². The molecule has 0 aliphatic heterocycles. The second-order valence-electron chi connectivity index (χ2n) is 5.65. The summed E-state index contributed by atoms with van der Waals surface area (Å²) in [7, 11) is 2.26. The maximum Gasteiger partial charge on any atom is 0.0102 e. The first-order valence-corrected chi connectivity index (χ1v) is 6.82. The van der Waals surface area contributed by atoms with Crippen LogP contribution in [0.15, 0.2) is 0 Å². The van der Waals surface area contributed by atoms with Gasteiger partial charge < -0.3 is 10.2 Å². The molecular formula is C14H32N2. The predicted octanol–water partition coefficient (Wildman–Crippen LogP) is 3.13. The predicted molar refractivity (Wildman–Crippen MR) is 73.9 cm³/mol. The Balaban J connectivity index is 4.33. The van der Waals surface area contributed by atoms with E-state index in [1.165, 1.54) is 12.8 Å². The Labute approximate surface area is 103 Å². The second kappa shape index (κ2) is 7.29. The van der Waals surface area contributed by atoms with Crippen molar-refractivity contribution in [3.05, 3.63) is 0 Å². The van der Waals surface area contributed by atoms with Gasteiger partial charge in [0, 0.05) is 18.6 Å². The quantitative estimate of drug-likeness (QED) is 0.686. The van der Waals surface area contributed by atoms with Gasteiger partial charge in [-0.1, -0.05) is 34.6 Å². The Kier molecular flexibility index (Phi) is 7.25. The minimum Gasteiger partial charge on any atom is -0.314 e. The minimum atomic E-state index is 0.327. The molecule has 16 heavy (non-hydrogen) atoms. The summed E-state index contributed by atoms with van der Waals surface area (Å²) in [6.45, 7) is 16.0. The van der Waals surface area contributed by atoms with Crippen molar-refractivity contribution in [2.45, 2.75) is 66.5 Å². The van der Waals surface area contributed by atoms with Crippen molar-refractivity contribution in [2.75, 3.05) is 20.1 Å². The van der Waals surface area contributed by atoms with Crippen LogP contribution in [0, 0.1) is 5.41 Å². The van der Waals surface area contributed by atoms with Gasteiger partial charge in [-0.05, 0) is 38.8 Å². The Morgan fingerprint density at radius 2 is 1.62 bits per heavy atom. The summed E-state index contributed by atoms with van der Waals surface area (Å²) in [5, 5.41) is 3.54. The molecule has 98 valence electrons. The summed E-state index contributed by atoms with van der Waals surface area (Å²) in [4.78, 5) is 2.52. The van der Waals surface area contributed by atoms with Crippen molar-refractivity contribution < 1.29 is 0 Å². The van der Waals surface area contributed by atoms with Crippen LogP contribution in [0.1, 0.15) is 54.4 Å². The van der Waals surface area contributed by atoms with Crippen molar-refractivity contribution in [1.29, 1.82) is 0 Å². The highest BCUT2D eigenvalue weighted by Crippen LogP contribution is 2.23. The van der Waals surface area contributed by atoms with Crippen LogP contribution in [0.25, 0.3) is 0 Å². The van der Waals surface area contributed by atoms with Gasteiger partial charge in [0.1, 0.15) is 0 Å². The number of nitrogens with one attached hydrogen (secondary N) is 1. The normalized spacial score (nSPS) is 14.8. The molecule has 0 rings (SSSR count). The van der Waals surface area contributed by atoms with Crippen molar-refractivity contribution >= 4 is 0 Å². The highest BCUT2D eigenvalue weighted by molar-refractivity contribution is 4.84. The zero-order chi connectivity index (χ0) is 12.8. The molecule has 0 aromatic heterocycles. The first-order chi connectivity index (χ1) is 7.38. The van der Waals surface area contributed by atoms with Gasteiger partial charge in [-0.2, -0.15) is 0 Å². The number of hydrogen-bond acceptors (Lipinski definition) is 2. The van der Waals surface area contributed by atoms with Gasteiger partial charge in [0.2, 0.25) is 0 Å². The topological polar surface area (TPSA) is 15.3 Å². The third-order valence-electron chi connectivity index (χ3n) is 3.91. The fourth-order valence-corrected chi connectivity index (χ4v) is 2.40. The Morgan fingerprint density at radius 1 is 1.12 bits per heavy atom. The summed E-state index contributed by atoms with van der Waals surface area (Å²) in [5.74, 6) is 0. The highest BCUT2D eigenvalue weighted by Gasteiger charge is 2.28. The molecule has 0 aliphatic carbocycles. The summed E-state index contributed by atoms with van der Waals surface area (Å²) in [5.41, 5.74) is 0.327. The lowest BCUT2D eigenvalue weighted by atomic mass is 9.84. The summed E-state index contributed by atoms with van der Waals surface area (Å²) in [6, 6.07) is 1.29. The fraction of sp³-hybridized carbons (Fsp3) is 1.00. The lowest BCUT2D eigenvalue weighted by molar-refractivity contribution is 0.125. The van der Waals surface area contributed by atoms with Gasteiger partial charge in [-0.25, -0.2) is 0 Å². The second-order valence-corrected chi connectivity index (χ2v) is 5.65. The van der Waals surface area contributed by atoms with Crippen LogP contribution in [0.2, 0.25) is 0 Å². The van der Waals surface area contributed by atoms with Crippen LogP contribution in [0.5, 0.6) is 0 Å². The fourth-order valence-electron chi connectivity index (χ4n) is 2.40. The largest absolute Gasteiger partial charge is 0.314 e. The van der Waals surface area contributed by atoms with E-state index < -0.39 is 0 Å². The lowest BCUT2D eigenvalue weighted by Gasteiger charge is -2.38. The van der Waals surface area contributed by atoms with Crippen LogP contribution in [0.4, 0.5) is 0 Å². The first kappa shape index (κ1) is 15.9. The van der Waals surface area contributed by atoms with E-state index in [2.05, 4.69) is 58.8 Å². The molecular weight excluding hydrogens is 196 g/mol. The molecule has 0 heterocycles. The summed E-state index contributed by atoms with van der Waals surface area (Å²) in [6.07, 6.45) is 2.50. The molecule has 0 aromatic carbocycles. The van der Waals surface area contributed by atoms with Gasteiger partial charge in [0.25, 0.3) is 0 Å². The number of rotatable bonds is 8. The zero-order valence-corrected chi connectivity index (χ0v) is 12.4. The smallest absolute Gasteiger partial charge is 0.0102 e. The van der Waals surface area contributed by atoms with Gasteiger partial charge in [0.15, 0.2) is 0 Å². The van der Waals surface area contributed by atoms with E-state index in [0.29, 0.717) is 11.5 Å². The van der Waals surface area contributed by atoms with Crippen LogP contribution < -0.4 is 5.32 Å². The van der Waals surface area contributed by atoms with Gasteiger partial charge in [0.05, 0.1) is 0 Å². The Hall–Kier alpha value is -0.0800. The van der Waals surface area contributed by atoms with E-state index >= 15 is 0 Å². The highest BCUT2D eigenvalue weighted by atomic mass is 15.1. The maximum absolute atomic E-state index is 3.54. The molecule has 1 unspecified atom stereocenters. The standard InChI is InChI=1S/C14H32N2/c1-8-13(9-2)16(7)11-14(5,6)12(4)15-10-3/h12-13,15H,8-11H2,1-7H3. The van der Waals surface area contributed by atoms with Crippen LogP contribution in [-0.4, -0.2) is 37.1 Å². The van der Waals surface area contributed by atoms with E-state index in [-0.39, 0.29) is 0 Å². The molecule has 1 N–H and O–H groups in total. The zero-order valence-electron chi connectivity index (χ0n) is 12.4. The van der Waals surface area contributed by atoms with Crippen LogP contribution in [0.3, 0.4) is 0 Å². The monoisotopic (exact) mass is 228 g/mol. The van der Waals surface area contributed by atoms with Crippen LogP contribution in [-0.2, 0) is 0 Å². The van der Waals surface area contributed by atoms with E-state index in [0.717, 1.165) is 19.1 Å². The molecule has 0 aromatic rings. The molecule has 0 spiro atoms. The molecule has 1 atom stereocenters. The molecule has 2 heteroatoms. The average molecular weight is 228 g/mol. The third-order valence-corrected chi connectivity index (χ3v) is 3.91. The first-order valence-electron chi connectivity index (χ1n) is 6.82. The molecule has 0 radical (unpaired) electrons. The minimum absolute atomic E-state index is 0.327. The van der Waals surface area contributed by atoms with Crippen LogP contribution >= 0.6 is 0 Å². The third kappa shape index (κ3) is 4.84. The van der Waals surface area contributed by atoms with Gasteiger partial charge in [-0.15, -0.1) is 0 Å². The summed E-state index contributed by atoms with van der Waals surface area (Å²) < 4.78 is 0. The molecule has 0 fully saturated rings. The van der Waals surface area contributed by atoms with Crippen molar-refractivity contribution in [3.8, 4) is 0 Å². The maximum atomic E-state index is 3.54. The van der Waals surface area contributed by atoms with Gasteiger partial charge >= 0.3 is 0 Å². The summed E-state index contributed by atoms with van der Waals surface area (Å²) >= 11 is 0. The Morgan fingerprint density at radius 3 is 2.00 bits per heavy atom.